The lowest BCUT2D eigenvalue weighted by Gasteiger charge is -2.31. The third-order valence-corrected chi connectivity index (χ3v) is 7.01. The molecule has 0 aliphatic carbocycles. The highest BCUT2D eigenvalue weighted by atomic mass is 32.1. The summed E-state index contributed by atoms with van der Waals surface area (Å²) in [4.78, 5) is 65.0. The molecule has 39 heavy (non-hydrogen) atoms. The zero-order valence-corrected chi connectivity index (χ0v) is 22.2. The third kappa shape index (κ3) is 8.56. The fraction of sp³-hybridized carbons (Fsp3) is 0.417. The van der Waals surface area contributed by atoms with Crippen LogP contribution in [0.5, 0.6) is 0 Å². The second kappa shape index (κ2) is 13.4. The molecule has 0 saturated carbocycles. The first kappa shape index (κ1) is 29.2. The number of benzene rings is 1. The van der Waals surface area contributed by atoms with Crippen LogP contribution in [0, 0.1) is 5.92 Å². The molecule has 0 unspecified atom stereocenters. The smallest absolute Gasteiger partial charge is 0.265 e. The maximum atomic E-state index is 13.3. The number of amides is 5. The lowest BCUT2D eigenvalue weighted by molar-refractivity contribution is -0.255. The normalized spacial score (nSPS) is 13.5. The van der Waals surface area contributed by atoms with Crippen LogP contribution < -0.4 is 36.8 Å². The summed E-state index contributed by atoms with van der Waals surface area (Å²) in [7, 11) is 1.59. The van der Waals surface area contributed by atoms with Gasteiger partial charge < -0.3 is 51.3 Å². The van der Waals surface area contributed by atoms with E-state index in [-0.39, 0.29) is 23.6 Å². The summed E-state index contributed by atoms with van der Waals surface area (Å²) >= 11 is 1.11. The van der Waals surface area contributed by atoms with Crippen LogP contribution >= 0.6 is 11.3 Å². The van der Waals surface area contributed by atoms with Gasteiger partial charge in [0.05, 0.1) is 5.69 Å². The van der Waals surface area contributed by atoms with E-state index in [9.17, 15) is 34.2 Å². The quantitative estimate of drug-likeness (QED) is 0.227. The number of rotatable bonds is 10. The molecule has 210 valence electrons. The van der Waals surface area contributed by atoms with Gasteiger partial charge in [0.1, 0.15) is 17.1 Å². The molecular formula is C24H29N7O7S-2. The monoisotopic (exact) mass is 559 g/mol. The van der Waals surface area contributed by atoms with Crippen LogP contribution in [0.25, 0.3) is 0 Å². The predicted molar refractivity (Wildman–Crippen MR) is 137 cm³/mol. The number of likely N-dealkylation sites (tertiary alicyclic amines) is 1. The van der Waals surface area contributed by atoms with Crippen molar-refractivity contribution in [2.75, 3.05) is 30.8 Å². The summed E-state index contributed by atoms with van der Waals surface area (Å²) in [5, 5.41) is 33.5. The number of nitrogens with one attached hydrogen (secondary N) is 5. The van der Waals surface area contributed by atoms with Crippen LogP contribution in [-0.2, 0) is 22.4 Å². The summed E-state index contributed by atoms with van der Waals surface area (Å²) in [6, 6.07) is 6.76. The minimum Gasteiger partial charge on any atom is -0.530 e. The number of carboxylic acid groups (broad SMARTS) is 2. The second-order valence-electron chi connectivity index (χ2n) is 8.79. The zero-order chi connectivity index (χ0) is 28.5. The summed E-state index contributed by atoms with van der Waals surface area (Å²) in [5.74, 6) is -0.657. The molecule has 14 nitrogen and oxygen atoms in total. The van der Waals surface area contributed by atoms with Crippen molar-refractivity contribution in [1.82, 2.24) is 25.8 Å². The van der Waals surface area contributed by atoms with Gasteiger partial charge in [0, 0.05) is 38.7 Å². The van der Waals surface area contributed by atoms with Crippen LogP contribution in [0.1, 0.15) is 40.7 Å². The first-order valence-electron chi connectivity index (χ1n) is 12.1. The van der Waals surface area contributed by atoms with Crippen LogP contribution in [0.15, 0.2) is 24.3 Å². The molecular weight excluding hydrogens is 530 g/mol. The van der Waals surface area contributed by atoms with Gasteiger partial charge in [-0.25, -0.2) is 4.98 Å². The Hall–Kier alpha value is -4.40. The van der Waals surface area contributed by atoms with Gasteiger partial charge in [0.15, 0.2) is 11.4 Å². The highest BCUT2D eigenvalue weighted by Crippen LogP contribution is 2.28. The Balaban J connectivity index is 1.68. The van der Waals surface area contributed by atoms with Crippen molar-refractivity contribution < 1.29 is 34.2 Å². The van der Waals surface area contributed by atoms with Crippen molar-refractivity contribution in [2.24, 2.45) is 5.92 Å². The SMILES string of the molecule is CNC(=O)C1CCN(C(=O)c2sc(NC(C)=O)nc2CCc2ccc(NC(NC(=O)[O-])NC(=O)[O-])cc2)CC1. The Morgan fingerprint density at radius 2 is 1.64 bits per heavy atom. The Kier molecular flexibility index (Phi) is 10.0. The van der Waals surface area contributed by atoms with Gasteiger partial charge in [0.25, 0.3) is 5.91 Å². The average molecular weight is 560 g/mol. The molecule has 1 aliphatic heterocycles. The van der Waals surface area contributed by atoms with Crippen molar-refractivity contribution in [1.29, 1.82) is 0 Å². The minimum atomic E-state index is -1.68. The van der Waals surface area contributed by atoms with Crippen LogP contribution in [0.4, 0.5) is 20.4 Å². The Labute approximate surface area is 228 Å². The lowest BCUT2D eigenvalue weighted by atomic mass is 9.96. The number of hydrogen-bond donors (Lipinski definition) is 5. The summed E-state index contributed by atoms with van der Waals surface area (Å²) < 4.78 is 0. The van der Waals surface area contributed by atoms with Gasteiger partial charge in [0.2, 0.25) is 11.8 Å². The van der Waals surface area contributed by atoms with E-state index in [0.717, 1.165) is 16.9 Å². The van der Waals surface area contributed by atoms with E-state index < -0.39 is 18.5 Å². The third-order valence-electron chi connectivity index (χ3n) is 6.01. The first-order valence-corrected chi connectivity index (χ1v) is 13.0. The van der Waals surface area contributed by atoms with Crippen LogP contribution in [0.2, 0.25) is 0 Å². The van der Waals surface area contributed by atoms with E-state index in [1.54, 1.807) is 36.2 Å². The number of carbonyl (C=O) groups excluding carboxylic acids is 5. The van der Waals surface area contributed by atoms with Crippen LogP contribution in [0.3, 0.4) is 0 Å². The molecule has 1 saturated heterocycles. The maximum absolute atomic E-state index is 13.3. The van der Waals surface area contributed by atoms with Gasteiger partial charge in [-0.05, 0) is 43.4 Å². The van der Waals surface area contributed by atoms with Crippen molar-refractivity contribution in [3.63, 3.8) is 0 Å². The summed E-state index contributed by atoms with van der Waals surface area (Å²) in [5.41, 5.74) is 1.83. The standard InChI is InChI=1S/C24H31N7O7S/c1-13(32)26-22-28-17(18(39-22)20(34)31-11-9-15(10-12-31)19(33)25-2)8-5-14-3-6-16(7-4-14)27-21(29-23(35)36)30-24(37)38/h3-4,6-7,15,21,27,29-30H,5,8-12H2,1-2H3,(H,25,33)(H,35,36)(H,37,38)(H,26,28,32)/p-2. The molecule has 0 bridgehead atoms. The van der Waals surface area contributed by atoms with Gasteiger partial charge in [-0.3, -0.25) is 14.4 Å². The molecule has 1 aromatic heterocycles. The van der Waals surface area contributed by atoms with Gasteiger partial charge in [-0.1, -0.05) is 23.5 Å². The maximum Gasteiger partial charge on any atom is 0.265 e. The average Bonchev–Trinajstić information content (AvgIpc) is 3.28. The summed E-state index contributed by atoms with van der Waals surface area (Å²) in [6.45, 7) is 2.24. The molecule has 15 heteroatoms. The summed E-state index contributed by atoms with van der Waals surface area (Å²) in [6.07, 6.45) is -2.70. The van der Waals surface area contributed by atoms with E-state index in [0.29, 0.717) is 60.2 Å². The Morgan fingerprint density at radius 3 is 2.18 bits per heavy atom. The van der Waals surface area contributed by atoms with Gasteiger partial charge in [-0.15, -0.1) is 0 Å². The molecule has 1 aromatic carbocycles. The minimum absolute atomic E-state index is 0.0319. The fourth-order valence-electron chi connectivity index (χ4n) is 4.13. The molecule has 0 spiro atoms. The molecule has 1 fully saturated rings. The lowest BCUT2D eigenvalue weighted by Crippen LogP contribution is -2.58. The number of aromatic nitrogens is 1. The Morgan fingerprint density at radius 1 is 1.03 bits per heavy atom. The van der Waals surface area contributed by atoms with Crippen molar-refractivity contribution in [3.8, 4) is 0 Å². The molecule has 2 heterocycles. The van der Waals surface area contributed by atoms with E-state index in [1.807, 2.05) is 10.6 Å². The largest absolute Gasteiger partial charge is 0.530 e. The highest BCUT2D eigenvalue weighted by Gasteiger charge is 2.30. The number of carbonyl (C=O) groups is 5. The molecule has 2 aromatic rings. The number of piperidine rings is 1. The zero-order valence-electron chi connectivity index (χ0n) is 21.4. The molecule has 5 amide bonds. The molecule has 0 radical (unpaired) electrons. The number of nitrogens with zero attached hydrogens (tertiary/aromatic N) is 2. The first-order chi connectivity index (χ1) is 18.5. The molecule has 0 atom stereocenters. The van der Waals surface area contributed by atoms with Crippen molar-refractivity contribution in [3.05, 3.63) is 40.4 Å². The van der Waals surface area contributed by atoms with E-state index in [4.69, 9.17) is 0 Å². The number of hydrogen-bond acceptors (Lipinski definition) is 10. The highest BCUT2D eigenvalue weighted by molar-refractivity contribution is 7.17. The Bertz CT molecular complexity index is 1190. The van der Waals surface area contributed by atoms with Crippen molar-refractivity contribution >= 4 is 52.1 Å². The van der Waals surface area contributed by atoms with Gasteiger partial charge in [-0.2, -0.15) is 0 Å². The van der Waals surface area contributed by atoms with Gasteiger partial charge >= 0.3 is 0 Å². The van der Waals surface area contributed by atoms with E-state index >= 15 is 0 Å². The second-order valence-corrected chi connectivity index (χ2v) is 9.79. The topological polar surface area (TPSA) is 208 Å². The number of aryl methyl sites for hydroxylation is 2. The molecule has 1 aliphatic rings. The molecule has 3 rings (SSSR count). The number of anilines is 2. The fourth-order valence-corrected chi connectivity index (χ4v) is 5.15. The van der Waals surface area contributed by atoms with Crippen LogP contribution in [-0.4, -0.2) is 66.2 Å². The molecule has 5 N–H and O–H groups in total. The predicted octanol–water partition coefficient (Wildman–Crippen LogP) is -0.954. The van der Waals surface area contributed by atoms with E-state index in [2.05, 4.69) is 20.9 Å². The van der Waals surface area contributed by atoms with Crippen molar-refractivity contribution in [2.45, 2.75) is 38.9 Å². The van der Waals surface area contributed by atoms with E-state index in [1.165, 1.54) is 6.92 Å². The number of thiazole rings is 1.